The summed E-state index contributed by atoms with van der Waals surface area (Å²) in [7, 11) is -3.14. The van der Waals surface area contributed by atoms with E-state index in [4.69, 9.17) is 0 Å². The summed E-state index contributed by atoms with van der Waals surface area (Å²) in [5, 5.41) is 4.22. The average Bonchev–Trinajstić information content (AvgIpc) is 2.67. The molecule has 0 saturated carbocycles. The van der Waals surface area contributed by atoms with Crippen LogP contribution in [-0.4, -0.2) is 20.2 Å². The molecule has 0 bridgehead atoms. The minimum atomic E-state index is -4.35. The molecule has 0 amide bonds. The molecule has 2 unspecified atom stereocenters. The Hall–Kier alpha value is -1.34. The fourth-order valence-corrected chi connectivity index (χ4v) is 3.31. The van der Waals surface area contributed by atoms with E-state index in [-0.39, 0.29) is 17.8 Å². The van der Waals surface area contributed by atoms with E-state index >= 15 is 0 Å². The number of hydrogen-bond acceptors (Lipinski definition) is 3. The van der Waals surface area contributed by atoms with Crippen molar-refractivity contribution in [2.45, 2.75) is 25.2 Å². The van der Waals surface area contributed by atoms with E-state index in [0.29, 0.717) is 5.56 Å². The van der Waals surface area contributed by atoms with Crippen molar-refractivity contribution in [2.24, 2.45) is 0 Å². The lowest BCUT2D eigenvalue weighted by molar-refractivity contribution is -0.137. The number of benzene rings is 1. The van der Waals surface area contributed by atoms with Crippen molar-refractivity contribution in [1.82, 2.24) is 5.32 Å². The molecule has 20 heavy (non-hydrogen) atoms. The summed E-state index contributed by atoms with van der Waals surface area (Å²) >= 11 is 0. The summed E-state index contributed by atoms with van der Waals surface area (Å²) < 4.78 is 59.9. The molecule has 0 spiro atoms. The Balaban J connectivity index is 2.03. The van der Waals surface area contributed by atoms with E-state index in [2.05, 4.69) is 5.32 Å². The van der Waals surface area contributed by atoms with Crippen molar-refractivity contribution in [3.8, 4) is 0 Å². The summed E-state index contributed by atoms with van der Waals surface area (Å²) in [6.45, 7) is 1.78. The van der Waals surface area contributed by atoms with Crippen LogP contribution < -0.4 is 5.32 Å². The first-order chi connectivity index (χ1) is 9.17. The molecule has 0 radical (unpaired) electrons. The number of halogens is 3. The second-order valence-corrected chi connectivity index (χ2v) is 6.70. The third kappa shape index (κ3) is 3.61. The van der Waals surface area contributed by atoms with Gasteiger partial charge in [-0.3, -0.25) is 0 Å². The number of nitrogens with one attached hydrogen (secondary N) is 1. The van der Waals surface area contributed by atoms with Crippen LogP contribution in [-0.2, 0) is 16.0 Å². The Morgan fingerprint density at radius 2 is 1.85 bits per heavy atom. The van der Waals surface area contributed by atoms with Crippen LogP contribution in [0.2, 0.25) is 0 Å². The van der Waals surface area contributed by atoms with Gasteiger partial charge in [-0.05, 0) is 24.6 Å². The van der Waals surface area contributed by atoms with Gasteiger partial charge >= 0.3 is 6.18 Å². The zero-order chi connectivity index (χ0) is 15.0. The molecule has 1 N–H and O–H groups in total. The predicted octanol–water partition coefficient (Wildman–Crippen LogP) is 2.67. The van der Waals surface area contributed by atoms with Crippen LogP contribution in [0.1, 0.15) is 24.1 Å². The van der Waals surface area contributed by atoms with Gasteiger partial charge in [-0.25, -0.2) is 8.42 Å². The van der Waals surface area contributed by atoms with Crippen molar-refractivity contribution >= 4 is 9.84 Å². The second-order valence-electron chi connectivity index (χ2n) is 4.77. The van der Waals surface area contributed by atoms with Crippen molar-refractivity contribution in [3.63, 3.8) is 0 Å². The summed E-state index contributed by atoms with van der Waals surface area (Å²) in [6.07, 6.45) is -2.80. The summed E-state index contributed by atoms with van der Waals surface area (Å²) in [5.41, 5.74) is -0.0208. The maximum absolute atomic E-state index is 12.4. The first-order valence-electron chi connectivity index (χ1n) is 6.01. The smallest absolute Gasteiger partial charge is 0.303 e. The van der Waals surface area contributed by atoms with E-state index in [1.54, 1.807) is 13.0 Å². The van der Waals surface area contributed by atoms with Gasteiger partial charge in [0.15, 0.2) is 9.84 Å². The van der Waals surface area contributed by atoms with E-state index in [0.717, 1.165) is 17.5 Å². The largest absolute Gasteiger partial charge is 0.416 e. The summed E-state index contributed by atoms with van der Waals surface area (Å²) in [6, 6.07) is 4.29. The maximum atomic E-state index is 12.4. The van der Waals surface area contributed by atoms with Gasteiger partial charge in [0.25, 0.3) is 0 Å². The Labute approximate surface area is 115 Å². The fraction of sp³-hybridized carbons (Fsp3) is 0.385. The standard InChI is InChI=1S/C13H14F3NO2S/c1-9(17-12-6-7-20(18,19)8-12)10-2-4-11(5-3-10)13(14,15)16/h2-7,9,12,17H,8H2,1H3. The number of hydrogen-bond donors (Lipinski definition) is 1. The van der Waals surface area contributed by atoms with Gasteiger partial charge < -0.3 is 5.32 Å². The number of rotatable bonds is 3. The lowest BCUT2D eigenvalue weighted by Gasteiger charge is -2.18. The quantitative estimate of drug-likeness (QED) is 0.934. The molecular formula is C13H14F3NO2S. The van der Waals surface area contributed by atoms with E-state index in [1.807, 2.05) is 0 Å². The van der Waals surface area contributed by atoms with Crippen molar-refractivity contribution in [2.75, 3.05) is 5.75 Å². The molecule has 2 atom stereocenters. The molecular weight excluding hydrogens is 291 g/mol. The molecule has 0 fully saturated rings. The summed E-state index contributed by atoms with van der Waals surface area (Å²) in [4.78, 5) is 0. The van der Waals surface area contributed by atoms with Gasteiger partial charge in [0, 0.05) is 17.5 Å². The molecule has 1 aliphatic heterocycles. The minimum Gasteiger partial charge on any atom is -0.303 e. The van der Waals surface area contributed by atoms with E-state index in [1.165, 1.54) is 12.1 Å². The van der Waals surface area contributed by atoms with Crippen molar-refractivity contribution < 1.29 is 21.6 Å². The first kappa shape index (κ1) is 15.1. The molecule has 1 aromatic carbocycles. The van der Waals surface area contributed by atoms with Gasteiger partial charge in [-0.15, -0.1) is 0 Å². The number of sulfone groups is 1. The van der Waals surface area contributed by atoms with Crippen LogP contribution in [0.3, 0.4) is 0 Å². The van der Waals surface area contributed by atoms with Gasteiger partial charge in [0.05, 0.1) is 11.3 Å². The van der Waals surface area contributed by atoms with Gasteiger partial charge in [0.2, 0.25) is 0 Å². The third-order valence-corrected chi connectivity index (χ3v) is 4.53. The fourth-order valence-electron chi connectivity index (χ4n) is 2.06. The van der Waals surface area contributed by atoms with Crippen molar-refractivity contribution in [1.29, 1.82) is 0 Å². The van der Waals surface area contributed by atoms with Crippen molar-refractivity contribution in [3.05, 3.63) is 46.9 Å². The molecule has 7 heteroatoms. The van der Waals surface area contributed by atoms with Crippen LogP contribution in [0.5, 0.6) is 0 Å². The minimum absolute atomic E-state index is 0.0159. The van der Waals surface area contributed by atoms with Crippen LogP contribution in [0.4, 0.5) is 13.2 Å². The highest BCUT2D eigenvalue weighted by Gasteiger charge is 2.30. The highest BCUT2D eigenvalue weighted by Crippen LogP contribution is 2.30. The van der Waals surface area contributed by atoms with Gasteiger partial charge in [-0.2, -0.15) is 13.2 Å². The first-order valence-corrected chi connectivity index (χ1v) is 7.73. The molecule has 2 rings (SSSR count). The van der Waals surface area contributed by atoms with E-state index < -0.39 is 21.6 Å². The Kier molecular flexibility index (Phi) is 3.93. The lowest BCUT2D eigenvalue weighted by atomic mass is 10.1. The predicted molar refractivity (Wildman–Crippen MR) is 69.7 cm³/mol. The topological polar surface area (TPSA) is 46.2 Å². The van der Waals surface area contributed by atoms with Crippen LogP contribution in [0.15, 0.2) is 35.7 Å². The monoisotopic (exact) mass is 305 g/mol. The Bertz CT molecular complexity index is 605. The normalized spacial score (nSPS) is 22.9. The zero-order valence-electron chi connectivity index (χ0n) is 10.7. The molecule has 0 aliphatic carbocycles. The van der Waals surface area contributed by atoms with Crippen LogP contribution >= 0.6 is 0 Å². The molecule has 110 valence electrons. The second kappa shape index (κ2) is 5.21. The number of alkyl halides is 3. The van der Waals surface area contributed by atoms with E-state index in [9.17, 15) is 21.6 Å². The molecule has 1 aliphatic rings. The van der Waals surface area contributed by atoms with Crippen LogP contribution in [0.25, 0.3) is 0 Å². The van der Waals surface area contributed by atoms with Gasteiger partial charge in [-0.1, -0.05) is 18.2 Å². The highest BCUT2D eigenvalue weighted by atomic mass is 32.2. The molecule has 1 heterocycles. The Morgan fingerprint density at radius 1 is 1.25 bits per heavy atom. The molecule has 3 nitrogen and oxygen atoms in total. The average molecular weight is 305 g/mol. The zero-order valence-corrected chi connectivity index (χ0v) is 11.5. The molecule has 1 aromatic rings. The Morgan fingerprint density at radius 3 is 2.30 bits per heavy atom. The maximum Gasteiger partial charge on any atom is 0.416 e. The summed E-state index contributed by atoms with van der Waals surface area (Å²) in [5.74, 6) is -0.0159. The van der Waals surface area contributed by atoms with Gasteiger partial charge in [0.1, 0.15) is 0 Å². The third-order valence-electron chi connectivity index (χ3n) is 3.13. The van der Waals surface area contributed by atoms with Crippen LogP contribution in [0, 0.1) is 0 Å². The molecule has 0 aromatic heterocycles. The lowest BCUT2D eigenvalue weighted by Crippen LogP contribution is -2.32. The highest BCUT2D eigenvalue weighted by molar-refractivity contribution is 7.94. The SMILES string of the molecule is CC(NC1C=CS(=O)(=O)C1)c1ccc(C(F)(F)F)cc1. The molecule has 0 saturated heterocycles.